The zero-order chi connectivity index (χ0) is 21.5. The molecule has 0 spiro atoms. The Labute approximate surface area is 179 Å². The van der Waals surface area contributed by atoms with E-state index < -0.39 is 10.0 Å². The first kappa shape index (κ1) is 21.0. The molecule has 3 aromatic rings. The Hall–Kier alpha value is -2.22. The Balaban J connectivity index is 1.69. The lowest BCUT2D eigenvalue weighted by atomic mass is 10.1. The van der Waals surface area contributed by atoms with Crippen molar-refractivity contribution in [2.24, 2.45) is 0 Å². The van der Waals surface area contributed by atoms with E-state index in [1.165, 1.54) is 15.4 Å². The van der Waals surface area contributed by atoms with Crippen molar-refractivity contribution >= 4 is 21.1 Å². The van der Waals surface area contributed by atoms with Gasteiger partial charge < -0.3 is 4.57 Å². The van der Waals surface area contributed by atoms with Crippen LogP contribution in [0.5, 0.6) is 0 Å². The molecular formula is C23H30N4O2S. The molecule has 1 heterocycles. The van der Waals surface area contributed by atoms with Gasteiger partial charge in [-0.05, 0) is 55.6 Å². The van der Waals surface area contributed by atoms with Crippen LogP contribution in [-0.4, -0.2) is 48.3 Å². The summed E-state index contributed by atoms with van der Waals surface area (Å²) in [6.07, 6.45) is 3.23. The van der Waals surface area contributed by atoms with Gasteiger partial charge in [-0.3, -0.25) is 4.90 Å². The molecule has 0 saturated heterocycles. The van der Waals surface area contributed by atoms with Crippen LogP contribution in [0.1, 0.15) is 42.8 Å². The van der Waals surface area contributed by atoms with E-state index in [4.69, 9.17) is 4.98 Å². The highest BCUT2D eigenvalue weighted by Gasteiger charge is 2.27. The molecule has 0 N–H and O–H groups in total. The third kappa shape index (κ3) is 3.66. The van der Waals surface area contributed by atoms with Gasteiger partial charge in [0.2, 0.25) is 10.0 Å². The van der Waals surface area contributed by atoms with E-state index in [0.717, 1.165) is 49.2 Å². The van der Waals surface area contributed by atoms with Crippen molar-refractivity contribution in [2.45, 2.75) is 50.2 Å². The molecule has 2 aromatic carbocycles. The monoisotopic (exact) mass is 426 g/mol. The van der Waals surface area contributed by atoms with Crippen molar-refractivity contribution in [2.75, 3.05) is 21.1 Å². The van der Waals surface area contributed by atoms with E-state index in [1.54, 1.807) is 26.2 Å². The lowest BCUT2D eigenvalue weighted by molar-refractivity contribution is 0.227. The molecule has 30 heavy (non-hydrogen) atoms. The van der Waals surface area contributed by atoms with Crippen molar-refractivity contribution in [3.8, 4) is 0 Å². The number of aromatic nitrogens is 2. The molecule has 0 fully saturated rings. The first-order valence-electron chi connectivity index (χ1n) is 10.5. The second-order valence-electron chi connectivity index (χ2n) is 8.29. The first-order valence-corrected chi connectivity index (χ1v) is 12.0. The van der Waals surface area contributed by atoms with Gasteiger partial charge >= 0.3 is 0 Å². The standard InChI is InChI=1S/C23H30N4O2S/c1-5-14-27-22-13-11-18(30(28,29)25(2)3)15-20(22)24-23(27)16-26(4)21-12-10-17-8-6-7-9-19(17)21/h6-9,11,13,15,21H,5,10,12,14,16H2,1-4H3/t21-/m1/s1. The largest absolute Gasteiger partial charge is 0.327 e. The van der Waals surface area contributed by atoms with Crippen molar-refractivity contribution < 1.29 is 8.42 Å². The molecule has 0 saturated carbocycles. The smallest absolute Gasteiger partial charge is 0.242 e. The van der Waals surface area contributed by atoms with E-state index in [-0.39, 0.29) is 4.90 Å². The molecule has 0 bridgehead atoms. The summed E-state index contributed by atoms with van der Waals surface area (Å²) in [5, 5.41) is 0. The number of rotatable bonds is 7. The third-order valence-corrected chi connectivity index (χ3v) is 7.86. The minimum Gasteiger partial charge on any atom is -0.327 e. The highest BCUT2D eigenvalue weighted by atomic mass is 32.2. The molecule has 1 aliphatic carbocycles. The highest BCUT2D eigenvalue weighted by molar-refractivity contribution is 7.89. The minimum absolute atomic E-state index is 0.283. The van der Waals surface area contributed by atoms with Crippen molar-refractivity contribution in [1.82, 2.24) is 18.8 Å². The fraction of sp³-hybridized carbons (Fsp3) is 0.435. The maximum atomic E-state index is 12.5. The Kier molecular flexibility index (Phi) is 5.70. The van der Waals surface area contributed by atoms with Gasteiger partial charge in [0.15, 0.2) is 0 Å². The number of hydrogen-bond acceptors (Lipinski definition) is 4. The van der Waals surface area contributed by atoms with Gasteiger partial charge in [0.05, 0.1) is 22.5 Å². The highest BCUT2D eigenvalue weighted by Crippen LogP contribution is 2.35. The second-order valence-corrected chi connectivity index (χ2v) is 10.4. The first-order chi connectivity index (χ1) is 14.3. The molecular weight excluding hydrogens is 396 g/mol. The molecule has 0 aliphatic heterocycles. The average molecular weight is 427 g/mol. The van der Waals surface area contributed by atoms with Crippen LogP contribution >= 0.6 is 0 Å². The molecule has 0 radical (unpaired) electrons. The van der Waals surface area contributed by atoms with Crippen LogP contribution in [0, 0.1) is 0 Å². The van der Waals surface area contributed by atoms with Gasteiger partial charge in [0, 0.05) is 26.7 Å². The van der Waals surface area contributed by atoms with Crippen LogP contribution in [0.25, 0.3) is 11.0 Å². The van der Waals surface area contributed by atoms with Gasteiger partial charge in [-0.2, -0.15) is 0 Å². The topological polar surface area (TPSA) is 58.4 Å². The van der Waals surface area contributed by atoms with Gasteiger partial charge in [-0.1, -0.05) is 31.2 Å². The summed E-state index contributed by atoms with van der Waals surface area (Å²) in [5.41, 5.74) is 4.58. The van der Waals surface area contributed by atoms with E-state index in [9.17, 15) is 8.42 Å². The summed E-state index contributed by atoms with van der Waals surface area (Å²) >= 11 is 0. The second kappa shape index (κ2) is 8.13. The number of benzene rings is 2. The van der Waals surface area contributed by atoms with Crippen molar-refractivity contribution in [3.63, 3.8) is 0 Å². The zero-order valence-corrected chi connectivity index (χ0v) is 19.0. The van der Waals surface area contributed by atoms with Crippen LogP contribution in [0.2, 0.25) is 0 Å². The average Bonchev–Trinajstić information content (AvgIpc) is 3.29. The molecule has 1 aromatic heterocycles. The molecule has 1 aliphatic rings. The van der Waals surface area contributed by atoms with E-state index in [1.807, 2.05) is 6.07 Å². The third-order valence-electron chi connectivity index (χ3n) is 6.05. The summed E-state index contributed by atoms with van der Waals surface area (Å²) in [4.78, 5) is 7.53. The van der Waals surface area contributed by atoms with Crippen LogP contribution in [0.3, 0.4) is 0 Å². The Bertz CT molecular complexity index is 1170. The molecule has 0 amide bonds. The fourth-order valence-corrected chi connectivity index (χ4v) is 5.37. The number of nitrogens with zero attached hydrogens (tertiary/aromatic N) is 4. The summed E-state index contributed by atoms with van der Waals surface area (Å²) in [5.74, 6) is 0.984. The normalized spacial score (nSPS) is 16.7. The molecule has 7 heteroatoms. The van der Waals surface area contributed by atoms with E-state index in [2.05, 4.69) is 47.7 Å². The van der Waals surface area contributed by atoms with E-state index in [0.29, 0.717) is 6.04 Å². The Morgan fingerprint density at radius 1 is 1.13 bits per heavy atom. The zero-order valence-electron chi connectivity index (χ0n) is 18.2. The SMILES string of the molecule is CCCn1c(CN(C)[C@@H]2CCc3ccccc32)nc2cc(S(=O)(=O)N(C)C)ccc21. The molecule has 0 unspecified atom stereocenters. The summed E-state index contributed by atoms with van der Waals surface area (Å²) in [6, 6.07) is 14.4. The predicted molar refractivity (Wildman–Crippen MR) is 120 cm³/mol. The molecule has 4 rings (SSSR count). The number of imidazole rings is 1. The molecule has 160 valence electrons. The summed E-state index contributed by atoms with van der Waals surface area (Å²) in [7, 11) is 1.78. The van der Waals surface area contributed by atoms with Gasteiger partial charge in [0.1, 0.15) is 5.82 Å². The number of aryl methyl sites for hydroxylation is 2. The Morgan fingerprint density at radius 3 is 2.63 bits per heavy atom. The van der Waals surface area contributed by atoms with Crippen LogP contribution in [-0.2, 0) is 29.5 Å². The number of fused-ring (bicyclic) bond motifs is 2. The van der Waals surface area contributed by atoms with Crippen LogP contribution in [0.4, 0.5) is 0 Å². The van der Waals surface area contributed by atoms with Gasteiger partial charge in [-0.25, -0.2) is 17.7 Å². The fourth-order valence-electron chi connectivity index (χ4n) is 4.45. The predicted octanol–water partition coefficient (Wildman–Crippen LogP) is 3.82. The van der Waals surface area contributed by atoms with Crippen LogP contribution < -0.4 is 0 Å². The van der Waals surface area contributed by atoms with Gasteiger partial charge in [-0.15, -0.1) is 0 Å². The molecule has 6 nitrogen and oxygen atoms in total. The number of sulfonamides is 1. The van der Waals surface area contributed by atoms with Crippen molar-refractivity contribution in [1.29, 1.82) is 0 Å². The maximum absolute atomic E-state index is 12.5. The maximum Gasteiger partial charge on any atom is 0.242 e. The number of hydrogen-bond donors (Lipinski definition) is 0. The lowest BCUT2D eigenvalue weighted by Gasteiger charge is -2.25. The minimum atomic E-state index is -3.48. The van der Waals surface area contributed by atoms with Gasteiger partial charge in [0.25, 0.3) is 0 Å². The molecule has 1 atom stereocenters. The quantitative estimate of drug-likeness (QED) is 0.576. The Morgan fingerprint density at radius 2 is 1.90 bits per heavy atom. The summed E-state index contributed by atoms with van der Waals surface area (Å²) in [6.45, 7) is 3.74. The lowest BCUT2D eigenvalue weighted by Crippen LogP contribution is -2.24. The summed E-state index contributed by atoms with van der Waals surface area (Å²) < 4.78 is 28.6. The van der Waals surface area contributed by atoms with E-state index >= 15 is 0 Å². The van der Waals surface area contributed by atoms with Crippen molar-refractivity contribution in [3.05, 3.63) is 59.4 Å². The van der Waals surface area contributed by atoms with Crippen LogP contribution in [0.15, 0.2) is 47.4 Å².